The van der Waals surface area contributed by atoms with E-state index in [0.29, 0.717) is 39.6 Å². The molecule has 2 N–H and O–H groups in total. The summed E-state index contributed by atoms with van der Waals surface area (Å²) in [6.45, 7) is 2.74. The number of fused-ring (bicyclic) bond motifs is 3. The van der Waals surface area contributed by atoms with Crippen LogP contribution in [0.1, 0.15) is 17.0 Å². The van der Waals surface area contributed by atoms with Crippen LogP contribution in [0.4, 0.5) is 21.9 Å². The summed E-state index contributed by atoms with van der Waals surface area (Å²) in [6, 6.07) is 19.7. The molecule has 42 heavy (non-hydrogen) atoms. The van der Waals surface area contributed by atoms with Gasteiger partial charge in [-0.3, -0.25) is 20.2 Å². The summed E-state index contributed by atoms with van der Waals surface area (Å²) in [5.74, 6) is 0.00767. The maximum absolute atomic E-state index is 12.2. The number of benzene rings is 3. The summed E-state index contributed by atoms with van der Waals surface area (Å²) >= 11 is 0. The third-order valence-corrected chi connectivity index (χ3v) is 6.55. The first kappa shape index (κ1) is 30.4. The largest absolute Gasteiger partial charge is 0.449 e. The maximum Gasteiger partial charge on any atom is 0.407 e. The van der Waals surface area contributed by atoms with Crippen molar-refractivity contribution in [3.63, 3.8) is 0 Å². The molecule has 0 saturated carbocycles. The molecule has 222 valence electrons. The Morgan fingerprint density at radius 3 is 1.90 bits per heavy atom. The fourth-order valence-corrected chi connectivity index (χ4v) is 4.61. The summed E-state index contributed by atoms with van der Waals surface area (Å²) in [4.78, 5) is 32.8. The molecule has 0 aromatic heterocycles. The number of hydrogen-bond acceptors (Lipinski definition) is 10. The van der Waals surface area contributed by atoms with Gasteiger partial charge in [-0.05, 0) is 28.3 Å². The predicted molar refractivity (Wildman–Crippen MR) is 154 cm³/mol. The number of nitro benzene ring substituents is 2. The molecule has 13 heteroatoms. The Morgan fingerprint density at radius 2 is 1.31 bits per heavy atom. The van der Waals surface area contributed by atoms with E-state index in [2.05, 4.69) is 34.9 Å². The second kappa shape index (κ2) is 15.4. The molecule has 1 amide bonds. The van der Waals surface area contributed by atoms with Crippen molar-refractivity contribution in [2.75, 3.05) is 64.7 Å². The molecule has 0 spiro atoms. The van der Waals surface area contributed by atoms with Crippen LogP contribution in [0.2, 0.25) is 0 Å². The Bertz CT molecular complexity index is 1340. The van der Waals surface area contributed by atoms with E-state index in [4.69, 9.17) is 18.9 Å². The van der Waals surface area contributed by atoms with Crippen LogP contribution < -0.4 is 10.6 Å². The van der Waals surface area contributed by atoms with Crippen molar-refractivity contribution in [3.8, 4) is 11.1 Å². The lowest BCUT2D eigenvalue weighted by Gasteiger charge is -2.14. The molecule has 0 fully saturated rings. The highest BCUT2D eigenvalue weighted by atomic mass is 16.6. The van der Waals surface area contributed by atoms with E-state index in [9.17, 15) is 25.0 Å². The predicted octanol–water partition coefficient (Wildman–Crippen LogP) is 4.50. The highest BCUT2D eigenvalue weighted by Gasteiger charge is 2.29. The standard InChI is InChI=1S/C29H32N4O9/c34-29(42-20-26-24-7-3-1-5-22(24)23-6-2-4-8-25(23)26)31-12-14-40-16-18-41-17-15-39-13-11-30-27-10-9-21(32(35)36)19-28(27)33(37)38/h1-10,19,26,30H,11-18,20H2,(H,31,34). The number of nitro groups is 2. The smallest absolute Gasteiger partial charge is 0.407 e. The summed E-state index contributed by atoms with van der Waals surface area (Å²) in [7, 11) is 0. The molecule has 1 aliphatic carbocycles. The highest BCUT2D eigenvalue weighted by molar-refractivity contribution is 5.79. The first-order valence-electron chi connectivity index (χ1n) is 13.4. The molecule has 13 nitrogen and oxygen atoms in total. The molecule has 4 rings (SSSR count). The molecule has 0 atom stereocenters. The highest BCUT2D eigenvalue weighted by Crippen LogP contribution is 2.44. The van der Waals surface area contributed by atoms with Crippen molar-refractivity contribution in [1.82, 2.24) is 5.32 Å². The number of nitrogens with one attached hydrogen (secondary N) is 2. The zero-order valence-electron chi connectivity index (χ0n) is 22.9. The number of rotatable bonds is 17. The number of alkyl carbamates (subject to hydrolysis) is 1. The second-order valence-electron chi connectivity index (χ2n) is 9.23. The minimum atomic E-state index is -0.685. The van der Waals surface area contributed by atoms with Gasteiger partial charge in [-0.15, -0.1) is 0 Å². The lowest BCUT2D eigenvalue weighted by atomic mass is 9.98. The lowest BCUT2D eigenvalue weighted by Crippen LogP contribution is -2.29. The first-order chi connectivity index (χ1) is 20.5. The van der Waals surface area contributed by atoms with Crippen molar-refractivity contribution >= 4 is 23.2 Å². The molecule has 0 bridgehead atoms. The summed E-state index contributed by atoms with van der Waals surface area (Å²) in [5, 5.41) is 27.5. The molecular weight excluding hydrogens is 548 g/mol. The van der Waals surface area contributed by atoms with Crippen molar-refractivity contribution in [3.05, 3.63) is 98.1 Å². The Balaban J connectivity index is 0.996. The van der Waals surface area contributed by atoms with Crippen molar-refractivity contribution < 1.29 is 33.6 Å². The van der Waals surface area contributed by atoms with E-state index in [1.165, 1.54) is 23.3 Å². The Labute approximate surface area is 242 Å². The maximum atomic E-state index is 12.2. The molecule has 0 unspecified atom stereocenters. The minimum absolute atomic E-state index is 0.00767. The Morgan fingerprint density at radius 1 is 0.738 bits per heavy atom. The van der Waals surface area contributed by atoms with Gasteiger partial charge in [-0.2, -0.15) is 0 Å². The topological polar surface area (TPSA) is 164 Å². The van der Waals surface area contributed by atoms with Gasteiger partial charge in [-0.25, -0.2) is 4.79 Å². The van der Waals surface area contributed by atoms with Crippen LogP contribution in [0.15, 0.2) is 66.7 Å². The number of nitrogens with zero attached hydrogens (tertiary/aromatic N) is 2. The minimum Gasteiger partial charge on any atom is -0.449 e. The van der Waals surface area contributed by atoms with Crippen LogP contribution in [-0.2, 0) is 18.9 Å². The van der Waals surface area contributed by atoms with E-state index < -0.39 is 15.9 Å². The molecule has 0 aliphatic heterocycles. The number of non-ortho nitro benzene ring substituents is 1. The van der Waals surface area contributed by atoms with E-state index in [-0.39, 0.29) is 42.7 Å². The lowest BCUT2D eigenvalue weighted by molar-refractivity contribution is -0.393. The van der Waals surface area contributed by atoms with Crippen molar-refractivity contribution in [1.29, 1.82) is 0 Å². The molecular formula is C29H32N4O9. The summed E-state index contributed by atoms with van der Waals surface area (Å²) < 4.78 is 21.8. The second-order valence-corrected chi connectivity index (χ2v) is 9.23. The number of carbonyl (C=O) groups is 1. The van der Waals surface area contributed by atoms with Gasteiger partial charge < -0.3 is 29.6 Å². The quantitative estimate of drug-likeness (QED) is 0.132. The van der Waals surface area contributed by atoms with Gasteiger partial charge in [0.15, 0.2) is 0 Å². The third kappa shape index (κ3) is 8.22. The van der Waals surface area contributed by atoms with Crippen molar-refractivity contribution in [2.24, 2.45) is 0 Å². The molecule has 1 aliphatic rings. The fourth-order valence-electron chi connectivity index (χ4n) is 4.61. The normalized spacial score (nSPS) is 11.9. The SMILES string of the molecule is O=C(NCCOCCOCCOCCNc1ccc([N+](=O)[O-])cc1[N+](=O)[O-])OCC1c2ccccc2-c2ccccc21. The first-order valence-corrected chi connectivity index (χ1v) is 13.4. The Hall–Kier alpha value is -4.59. The van der Waals surface area contributed by atoms with Gasteiger partial charge >= 0.3 is 6.09 Å². The van der Waals surface area contributed by atoms with E-state index >= 15 is 0 Å². The number of amides is 1. The fraction of sp³-hybridized carbons (Fsp3) is 0.345. The van der Waals surface area contributed by atoms with Crippen LogP contribution in [0, 0.1) is 20.2 Å². The molecule has 0 heterocycles. The Kier molecular flexibility index (Phi) is 11.2. The van der Waals surface area contributed by atoms with E-state index in [1.54, 1.807) is 0 Å². The molecule has 0 radical (unpaired) electrons. The van der Waals surface area contributed by atoms with Gasteiger partial charge in [-0.1, -0.05) is 48.5 Å². The van der Waals surface area contributed by atoms with Crippen LogP contribution >= 0.6 is 0 Å². The van der Waals surface area contributed by atoms with Crippen LogP contribution in [0.5, 0.6) is 0 Å². The summed E-state index contributed by atoms with van der Waals surface area (Å²) in [6.07, 6.45) is -0.494. The monoisotopic (exact) mass is 580 g/mol. The molecule has 3 aromatic rings. The van der Waals surface area contributed by atoms with Gasteiger partial charge in [0.2, 0.25) is 0 Å². The number of ether oxygens (including phenoxy) is 4. The van der Waals surface area contributed by atoms with E-state index in [0.717, 1.165) is 17.2 Å². The molecule has 0 saturated heterocycles. The number of hydrogen-bond donors (Lipinski definition) is 2. The van der Waals surface area contributed by atoms with Gasteiger partial charge in [0.25, 0.3) is 11.4 Å². The van der Waals surface area contributed by atoms with E-state index in [1.807, 2.05) is 24.3 Å². The van der Waals surface area contributed by atoms with Gasteiger partial charge in [0.05, 0.1) is 55.6 Å². The van der Waals surface area contributed by atoms with Crippen LogP contribution in [0.3, 0.4) is 0 Å². The van der Waals surface area contributed by atoms with Crippen molar-refractivity contribution in [2.45, 2.75) is 5.92 Å². The van der Waals surface area contributed by atoms with Crippen LogP contribution in [-0.4, -0.2) is 75.3 Å². The van der Waals surface area contributed by atoms with Gasteiger partial charge in [0, 0.05) is 25.1 Å². The number of carbonyl (C=O) groups excluding carboxylic acids is 1. The van der Waals surface area contributed by atoms with Gasteiger partial charge in [0.1, 0.15) is 12.3 Å². The molecule has 3 aromatic carbocycles. The average Bonchev–Trinajstić information content (AvgIpc) is 3.31. The zero-order chi connectivity index (χ0) is 29.7. The van der Waals surface area contributed by atoms with Crippen LogP contribution in [0.25, 0.3) is 11.1 Å². The summed E-state index contributed by atoms with van der Waals surface area (Å²) in [5.41, 5.74) is 4.12. The third-order valence-electron chi connectivity index (χ3n) is 6.55. The average molecular weight is 581 g/mol. The zero-order valence-corrected chi connectivity index (χ0v) is 22.9. The number of anilines is 1.